The van der Waals surface area contributed by atoms with Crippen molar-refractivity contribution >= 4 is 71.2 Å². The molecule has 2 saturated carbocycles. The number of nitrogens with one attached hydrogen (secondary N) is 5. The molecule has 8 heterocycles. The van der Waals surface area contributed by atoms with Crippen molar-refractivity contribution in [2.24, 2.45) is 5.10 Å². The number of carboxylic acids is 1. The molecule has 0 radical (unpaired) electrons. The van der Waals surface area contributed by atoms with Crippen LogP contribution < -0.4 is 27.5 Å². The van der Waals surface area contributed by atoms with Crippen molar-refractivity contribution in [3.8, 4) is 22.3 Å². The molecule has 1 aliphatic heterocycles. The van der Waals surface area contributed by atoms with E-state index < -0.39 is 26.0 Å². The molecule has 7 aromatic heterocycles. The van der Waals surface area contributed by atoms with Crippen molar-refractivity contribution in [1.29, 1.82) is 0 Å². The molecule has 8 N–H and O–H groups in total. The van der Waals surface area contributed by atoms with Crippen molar-refractivity contribution in [2.45, 2.75) is 49.0 Å². The number of aromatic nitrogens is 10. The average molecular weight is 869 g/mol. The predicted octanol–water partition coefficient (Wildman–Crippen LogP) is 1.54. The minimum absolute atomic E-state index is 0.0403. The van der Waals surface area contributed by atoms with Crippen LogP contribution in [0.15, 0.2) is 91.1 Å². The lowest BCUT2D eigenvalue weighted by atomic mass is 10.1. The summed E-state index contributed by atoms with van der Waals surface area (Å²) in [5.41, 5.74) is 17.3. The van der Waals surface area contributed by atoms with E-state index in [1.54, 1.807) is 73.8 Å². The van der Waals surface area contributed by atoms with Gasteiger partial charge in [0.2, 0.25) is 26.0 Å². The molecule has 2 aliphatic carbocycles. The second-order valence-electron chi connectivity index (χ2n) is 13.9. The number of carbonyl (C=O) groups excluding carboxylic acids is 1. The number of amidine groups is 1. The van der Waals surface area contributed by atoms with Crippen LogP contribution in [0.1, 0.15) is 37.9 Å². The van der Waals surface area contributed by atoms with Crippen molar-refractivity contribution < 1.29 is 31.5 Å². The Morgan fingerprint density at radius 1 is 0.803 bits per heavy atom. The van der Waals surface area contributed by atoms with Gasteiger partial charge in [0.05, 0.1) is 40.3 Å². The molecular formula is C36H36N16O7S2. The Kier molecular flexibility index (Phi) is 11.1. The number of aliphatic carboxylic acids is 1. The molecule has 0 aromatic carbocycles. The van der Waals surface area contributed by atoms with Crippen LogP contribution in [-0.4, -0.2) is 98.7 Å². The topological polar surface area (TPSA) is 325 Å². The van der Waals surface area contributed by atoms with Crippen LogP contribution in [0.5, 0.6) is 0 Å². The second-order valence-corrected chi connectivity index (χ2v) is 18.1. The highest BCUT2D eigenvalue weighted by molar-refractivity contribution is 7.91. The molecule has 0 bridgehead atoms. The number of H-pyrrole nitrogens is 1. The fourth-order valence-corrected chi connectivity index (χ4v) is 9.75. The standard InChI is InChI=1S/C18H16N8O3S.C15H14N4O2S.C3H6N4O2/c27-18(8-17-22-24-25-23-17)21-16-7-11(3-5-20-16)14-9-19-10-15-13(14)4-6-26(15)30(28,29)12-1-2-12;16-15-7-10(3-5-18-15)13-8-17-9-14-12(13)4-6-19(14)22(20,21)11-1-2-11;8-3(9)1-2-4-6-7-5-2/h3-7,9-10,12H,1-2,8H2,(H,20,21,27)(H,22,23,24,25);3-9,11H,1-2H2,(H2,16,18);6-7H,1H2,(H,4,5)(H,8,9). The van der Waals surface area contributed by atoms with Gasteiger partial charge in [-0.25, -0.2) is 40.3 Å². The zero-order chi connectivity index (χ0) is 42.7. The lowest BCUT2D eigenvalue weighted by Gasteiger charge is -2.09. The first kappa shape index (κ1) is 40.4. The summed E-state index contributed by atoms with van der Waals surface area (Å²) in [7, 11) is -6.73. The Labute approximate surface area is 346 Å². The van der Waals surface area contributed by atoms with E-state index in [9.17, 15) is 26.4 Å². The number of anilines is 2. The Morgan fingerprint density at radius 3 is 1.90 bits per heavy atom. The van der Waals surface area contributed by atoms with Gasteiger partial charge in [-0.3, -0.25) is 25.0 Å². The van der Waals surface area contributed by atoms with E-state index in [1.807, 2.05) is 12.1 Å². The van der Waals surface area contributed by atoms with E-state index in [0.717, 1.165) is 45.9 Å². The number of carboxylic acid groups (broad SMARTS) is 1. The molecule has 25 heteroatoms. The summed E-state index contributed by atoms with van der Waals surface area (Å²) in [6.07, 6.45) is 15.6. The number of hydrogen-bond donors (Lipinski definition) is 7. The van der Waals surface area contributed by atoms with Gasteiger partial charge in [-0.05, 0) is 73.2 Å². The third-order valence-electron chi connectivity index (χ3n) is 9.51. The minimum atomic E-state index is -3.41. The van der Waals surface area contributed by atoms with Crippen LogP contribution in [0, 0.1) is 0 Å². The summed E-state index contributed by atoms with van der Waals surface area (Å²) >= 11 is 0. The largest absolute Gasteiger partial charge is 0.481 e. The molecule has 0 spiro atoms. The van der Waals surface area contributed by atoms with E-state index in [1.165, 1.54) is 7.94 Å². The molecule has 1 amide bonds. The second kappa shape index (κ2) is 16.7. The molecule has 0 unspecified atom stereocenters. The maximum absolute atomic E-state index is 12.7. The average Bonchev–Trinajstić information content (AvgIpc) is 4.05. The number of tetrazole rings is 1. The molecule has 10 rings (SSSR count). The van der Waals surface area contributed by atoms with Gasteiger partial charge in [0.25, 0.3) is 0 Å². The lowest BCUT2D eigenvalue weighted by molar-refractivity contribution is -0.135. The van der Waals surface area contributed by atoms with Crippen LogP contribution in [-0.2, 0) is 36.1 Å². The Balaban J connectivity index is 0.000000144. The highest BCUT2D eigenvalue weighted by Crippen LogP contribution is 2.36. The number of hydrazone groups is 1. The summed E-state index contributed by atoms with van der Waals surface area (Å²) in [6, 6.07) is 10.6. The van der Waals surface area contributed by atoms with E-state index in [2.05, 4.69) is 67.5 Å². The Bertz CT molecular complexity index is 3020. The number of nitrogens with zero attached hydrogens (tertiary/aromatic N) is 10. The van der Waals surface area contributed by atoms with Crippen LogP contribution in [0.4, 0.5) is 11.6 Å². The maximum Gasteiger partial charge on any atom is 0.311 e. The highest BCUT2D eigenvalue weighted by Gasteiger charge is 2.38. The van der Waals surface area contributed by atoms with E-state index in [4.69, 9.17) is 10.8 Å². The van der Waals surface area contributed by atoms with Gasteiger partial charge in [0.1, 0.15) is 18.1 Å². The molecular weight excluding hydrogens is 833 g/mol. The highest BCUT2D eigenvalue weighted by atomic mass is 32.2. The lowest BCUT2D eigenvalue weighted by Crippen LogP contribution is -2.35. The summed E-state index contributed by atoms with van der Waals surface area (Å²) in [6.45, 7) is 0. The number of aromatic amines is 1. The van der Waals surface area contributed by atoms with E-state index >= 15 is 0 Å². The van der Waals surface area contributed by atoms with Gasteiger partial charge in [-0.1, -0.05) is 5.21 Å². The first-order valence-corrected chi connectivity index (χ1v) is 21.5. The Hall–Kier alpha value is -7.38. The zero-order valence-electron chi connectivity index (χ0n) is 31.7. The number of hydrazine groups is 2. The van der Waals surface area contributed by atoms with Crippen molar-refractivity contribution in [1.82, 2.24) is 65.0 Å². The maximum atomic E-state index is 12.7. The number of pyridine rings is 4. The van der Waals surface area contributed by atoms with Gasteiger partial charge < -0.3 is 16.2 Å². The monoisotopic (exact) mass is 868 g/mol. The predicted molar refractivity (Wildman–Crippen MR) is 221 cm³/mol. The van der Waals surface area contributed by atoms with Gasteiger partial charge in [-0.2, -0.15) is 5.21 Å². The molecule has 0 saturated heterocycles. The minimum Gasteiger partial charge on any atom is -0.481 e. The Morgan fingerprint density at radius 2 is 1.39 bits per heavy atom. The first-order valence-electron chi connectivity index (χ1n) is 18.5. The molecule has 314 valence electrons. The van der Waals surface area contributed by atoms with E-state index in [0.29, 0.717) is 41.3 Å². The zero-order valence-corrected chi connectivity index (χ0v) is 33.4. The quantitative estimate of drug-likeness (QED) is 0.0969. The van der Waals surface area contributed by atoms with Gasteiger partial charge in [0, 0.05) is 59.1 Å². The number of rotatable bonds is 11. The number of fused-ring (bicyclic) bond motifs is 2. The number of carbonyl (C=O) groups is 2. The van der Waals surface area contributed by atoms with Crippen LogP contribution in [0.25, 0.3) is 44.1 Å². The molecule has 2 fully saturated rings. The van der Waals surface area contributed by atoms with Crippen LogP contribution in [0.2, 0.25) is 0 Å². The fraction of sp³-hybridized carbons (Fsp3) is 0.222. The number of nitrogen functional groups attached to an aromatic ring is 1. The molecule has 61 heavy (non-hydrogen) atoms. The van der Waals surface area contributed by atoms with E-state index in [-0.39, 0.29) is 35.1 Å². The molecule has 7 aromatic rings. The van der Waals surface area contributed by atoms with Crippen molar-refractivity contribution in [2.75, 3.05) is 11.1 Å². The summed E-state index contributed by atoms with van der Waals surface area (Å²) in [4.78, 5) is 38.7. The third kappa shape index (κ3) is 8.97. The fourth-order valence-electron chi connectivity index (χ4n) is 6.34. The molecule has 3 aliphatic rings. The van der Waals surface area contributed by atoms with Crippen molar-refractivity contribution in [3.63, 3.8) is 0 Å². The SMILES string of the molecule is Nc1cc(-c2cncc3c2ccn3S(=O)(=O)C2CC2)ccn1.O=C(Cc1nn[nH]n1)Nc1cc(-c2cncc3c2ccn3S(=O)(=O)C2CC2)ccn1.O=C(O)CC1=NNNN1. The van der Waals surface area contributed by atoms with Crippen LogP contribution >= 0.6 is 0 Å². The number of hydrogen-bond acceptors (Lipinski definition) is 18. The van der Waals surface area contributed by atoms with Gasteiger partial charge in [-0.15, -0.1) is 20.8 Å². The number of amides is 1. The number of nitrogens with two attached hydrogens (primary N) is 1. The smallest absolute Gasteiger partial charge is 0.311 e. The van der Waals surface area contributed by atoms with Gasteiger partial charge >= 0.3 is 5.97 Å². The molecule has 23 nitrogen and oxygen atoms in total. The normalized spacial score (nSPS) is 14.8. The van der Waals surface area contributed by atoms with Crippen LogP contribution in [0.3, 0.4) is 0 Å². The van der Waals surface area contributed by atoms with Crippen molar-refractivity contribution in [3.05, 3.63) is 91.8 Å². The van der Waals surface area contributed by atoms with Gasteiger partial charge in [0.15, 0.2) is 11.7 Å². The summed E-state index contributed by atoms with van der Waals surface area (Å²) < 4.78 is 53.0. The third-order valence-corrected chi connectivity index (χ3v) is 13.9. The first-order chi connectivity index (χ1) is 29.4. The molecule has 0 atom stereocenters. The summed E-state index contributed by atoms with van der Waals surface area (Å²) in [5, 5.41) is 28.6. The summed E-state index contributed by atoms with van der Waals surface area (Å²) in [5.74, 6) is 0.173.